The van der Waals surface area contributed by atoms with Crippen LogP contribution >= 0.6 is 15.9 Å². The number of rotatable bonds is 2. The number of halogens is 1. The molecular formula is C15H19BrN2O4. The van der Waals surface area contributed by atoms with Crippen LogP contribution in [-0.4, -0.2) is 61.0 Å². The zero-order valence-corrected chi connectivity index (χ0v) is 13.9. The second-order valence-corrected chi connectivity index (χ2v) is 6.41. The van der Waals surface area contributed by atoms with E-state index in [2.05, 4.69) is 15.9 Å². The molecule has 2 amide bonds. The highest BCUT2D eigenvalue weighted by molar-refractivity contribution is 9.10. The van der Waals surface area contributed by atoms with Crippen LogP contribution in [0.25, 0.3) is 0 Å². The third kappa shape index (κ3) is 3.35. The maximum atomic E-state index is 12.6. The second kappa shape index (κ2) is 6.83. The summed E-state index contributed by atoms with van der Waals surface area (Å²) < 4.78 is 11.1. The fourth-order valence-corrected chi connectivity index (χ4v) is 3.30. The quantitative estimate of drug-likeness (QED) is 0.795. The normalized spacial score (nSPS) is 22.7. The van der Waals surface area contributed by atoms with Crippen molar-refractivity contribution in [2.45, 2.75) is 12.8 Å². The van der Waals surface area contributed by atoms with E-state index in [0.717, 1.165) is 12.8 Å². The van der Waals surface area contributed by atoms with Gasteiger partial charge < -0.3 is 19.0 Å². The molecule has 2 saturated heterocycles. The topological polar surface area (TPSA) is 63.0 Å². The number of carbonyl (C=O) groups is 2. The third-order valence-corrected chi connectivity index (χ3v) is 4.59. The molecular weight excluding hydrogens is 352 g/mol. The molecule has 2 fully saturated rings. The molecule has 1 atom stereocenters. The van der Waals surface area contributed by atoms with Crippen molar-refractivity contribution in [2.75, 3.05) is 39.4 Å². The molecule has 1 aromatic heterocycles. The summed E-state index contributed by atoms with van der Waals surface area (Å²) in [7, 11) is 0. The first-order valence-corrected chi connectivity index (χ1v) is 8.35. The van der Waals surface area contributed by atoms with Crippen LogP contribution in [0.4, 0.5) is 0 Å². The van der Waals surface area contributed by atoms with Gasteiger partial charge in [0.15, 0.2) is 10.4 Å². The fraction of sp³-hybridized carbons (Fsp3) is 0.600. The summed E-state index contributed by atoms with van der Waals surface area (Å²) in [5.41, 5.74) is 0. The van der Waals surface area contributed by atoms with Crippen molar-refractivity contribution < 1.29 is 18.7 Å². The SMILES string of the molecule is O=C(c1ccc(Br)o1)N1CCCC(C(=O)N2CCOCC2)C1. The Morgan fingerprint density at radius 1 is 1.14 bits per heavy atom. The Kier molecular flexibility index (Phi) is 4.83. The first-order chi connectivity index (χ1) is 10.6. The van der Waals surface area contributed by atoms with Gasteiger partial charge in [-0.3, -0.25) is 9.59 Å². The van der Waals surface area contributed by atoms with E-state index < -0.39 is 0 Å². The molecule has 1 aromatic rings. The second-order valence-electron chi connectivity index (χ2n) is 5.63. The summed E-state index contributed by atoms with van der Waals surface area (Å²) in [5.74, 6) is 0.187. The Labute approximate surface area is 137 Å². The lowest BCUT2D eigenvalue weighted by molar-refractivity contribution is -0.141. The summed E-state index contributed by atoms with van der Waals surface area (Å²) in [6.07, 6.45) is 1.68. The number of hydrogen-bond donors (Lipinski definition) is 0. The van der Waals surface area contributed by atoms with Crippen LogP contribution < -0.4 is 0 Å². The predicted octanol–water partition coefficient (Wildman–Crippen LogP) is 1.75. The Balaban J connectivity index is 1.63. The first-order valence-electron chi connectivity index (χ1n) is 7.56. The van der Waals surface area contributed by atoms with Gasteiger partial charge in [0.05, 0.1) is 19.1 Å². The highest BCUT2D eigenvalue weighted by Gasteiger charge is 2.32. The van der Waals surface area contributed by atoms with E-state index in [0.29, 0.717) is 49.8 Å². The van der Waals surface area contributed by atoms with Crippen LogP contribution in [0.2, 0.25) is 0 Å². The fourth-order valence-electron chi connectivity index (χ4n) is 2.99. The van der Waals surface area contributed by atoms with Crippen molar-refractivity contribution in [2.24, 2.45) is 5.92 Å². The lowest BCUT2D eigenvalue weighted by Crippen LogP contribution is -2.49. The van der Waals surface area contributed by atoms with Gasteiger partial charge in [-0.15, -0.1) is 0 Å². The highest BCUT2D eigenvalue weighted by Crippen LogP contribution is 2.23. The molecule has 0 saturated carbocycles. The van der Waals surface area contributed by atoms with Crippen LogP contribution in [0, 0.1) is 5.92 Å². The minimum Gasteiger partial charge on any atom is -0.444 e. The Bertz CT molecular complexity index is 553. The molecule has 1 unspecified atom stereocenters. The van der Waals surface area contributed by atoms with E-state index >= 15 is 0 Å². The van der Waals surface area contributed by atoms with Gasteiger partial charge in [-0.1, -0.05) is 0 Å². The Morgan fingerprint density at radius 2 is 1.91 bits per heavy atom. The molecule has 0 aromatic carbocycles. The van der Waals surface area contributed by atoms with Gasteiger partial charge in [0.2, 0.25) is 5.91 Å². The van der Waals surface area contributed by atoms with Crippen molar-refractivity contribution in [3.8, 4) is 0 Å². The molecule has 2 aliphatic heterocycles. The van der Waals surface area contributed by atoms with Gasteiger partial charge in [0.25, 0.3) is 5.91 Å². The standard InChI is InChI=1S/C15H19BrN2O4/c16-13-4-3-12(22-13)15(20)18-5-1-2-11(10-18)14(19)17-6-8-21-9-7-17/h3-4,11H,1-2,5-10H2. The minimum atomic E-state index is -0.148. The van der Waals surface area contributed by atoms with E-state index in [-0.39, 0.29) is 17.7 Å². The largest absolute Gasteiger partial charge is 0.444 e. The van der Waals surface area contributed by atoms with Crippen molar-refractivity contribution in [1.82, 2.24) is 9.80 Å². The lowest BCUT2D eigenvalue weighted by atomic mass is 9.96. The first kappa shape index (κ1) is 15.6. The third-order valence-electron chi connectivity index (χ3n) is 4.16. The molecule has 2 aliphatic rings. The number of ether oxygens (including phenoxy) is 1. The molecule has 6 nitrogen and oxygen atoms in total. The number of carbonyl (C=O) groups excluding carboxylic acids is 2. The van der Waals surface area contributed by atoms with Gasteiger partial charge >= 0.3 is 0 Å². The van der Waals surface area contributed by atoms with Gasteiger partial charge in [-0.25, -0.2) is 0 Å². The number of nitrogens with zero attached hydrogens (tertiary/aromatic N) is 2. The lowest BCUT2D eigenvalue weighted by Gasteiger charge is -2.35. The molecule has 120 valence electrons. The van der Waals surface area contributed by atoms with E-state index in [1.54, 1.807) is 17.0 Å². The molecule has 3 heterocycles. The van der Waals surface area contributed by atoms with Gasteiger partial charge in [0.1, 0.15) is 0 Å². The van der Waals surface area contributed by atoms with E-state index in [9.17, 15) is 9.59 Å². The van der Waals surface area contributed by atoms with Gasteiger partial charge in [-0.05, 0) is 40.9 Å². The summed E-state index contributed by atoms with van der Waals surface area (Å²) >= 11 is 3.20. The Hall–Kier alpha value is -1.34. The van der Waals surface area contributed by atoms with E-state index in [4.69, 9.17) is 9.15 Å². The van der Waals surface area contributed by atoms with Crippen LogP contribution in [-0.2, 0) is 9.53 Å². The average Bonchev–Trinajstić information content (AvgIpc) is 3.01. The van der Waals surface area contributed by atoms with Crippen molar-refractivity contribution >= 4 is 27.7 Å². The number of amides is 2. The van der Waals surface area contributed by atoms with Crippen molar-refractivity contribution in [1.29, 1.82) is 0 Å². The highest BCUT2D eigenvalue weighted by atomic mass is 79.9. The smallest absolute Gasteiger partial charge is 0.289 e. The molecule has 0 N–H and O–H groups in total. The monoisotopic (exact) mass is 370 g/mol. The van der Waals surface area contributed by atoms with Crippen LogP contribution in [0.15, 0.2) is 21.2 Å². The number of piperidine rings is 1. The number of morpholine rings is 1. The molecule has 0 radical (unpaired) electrons. The molecule has 22 heavy (non-hydrogen) atoms. The van der Waals surface area contributed by atoms with Crippen LogP contribution in [0.1, 0.15) is 23.4 Å². The summed E-state index contributed by atoms with van der Waals surface area (Å²) in [6.45, 7) is 3.63. The zero-order valence-electron chi connectivity index (χ0n) is 12.3. The molecule has 0 bridgehead atoms. The number of furan rings is 1. The summed E-state index contributed by atoms with van der Waals surface area (Å²) in [4.78, 5) is 28.6. The minimum absolute atomic E-state index is 0.116. The number of hydrogen-bond acceptors (Lipinski definition) is 4. The number of likely N-dealkylation sites (tertiary alicyclic amines) is 1. The predicted molar refractivity (Wildman–Crippen MR) is 82.4 cm³/mol. The average molecular weight is 371 g/mol. The van der Waals surface area contributed by atoms with Crippen molar-refractivity contribution in [3.05, 3.63) is 22.6 Å². The van der Waals surface area contributed by atoms with Crippen molar-refractivity contribution in [3.63, 3.8) is 0 Å². The van der Waals surface area contributed by atoms with Crippen LogP contribution in [0.5, 0.6) is 0 Å². The Morgan fingerprint density at radius 3 is 2.59 bits per heavy atom. The van der Waals surface area contributed by atoms with Gasteiger partial charge in [0, 0.05) is 26.2 Å². The molecule has 7 heteroatoms. The zero-order chi connectivity index (χ0) is 15.5. The van der Waals surface area contributed by atoms with E-state index in [1.165, 1.54) is 0 Å². The van der Waals surface area contributed by atoms with Gasteiger partial charge in [-0.2, -0.15) is 0 Å². The van der Waals surface area contributed by atoms with Crippen LogP contribution in [0.3, 0.4) is 0 Å². The molecule has 0 spiro atoms. The summed E-state index contributed by atoms with van der Waals surface area (Å²) in [5, 5.41) is 0. The maximum Gasteiger partial charge on any atom is 0.289 e. The maximum absolute atomic E-state index is 12.6. The molecule has 3 rings (SSSR count). The van der Waals surface area contributed by atoms with E-state index in [1.807, 2.05) is 4.90 Å². The molecule has 0 aliphatic carbocycles. The summed E-state index contributed by atoms with van der Waals surface area (Å²) in [6, 6.07) is 3.35.